The number of methoxy groups -OCH3 is 1. The molecule has 4 aliphatic rings. The normalized spacial score (nSPS) is 35.8. The van der Waals surface area contributed by atoms with Crippen molar-refractivity contribution in [1.82, 2.24) is 5.32 Å². The number of hydrogen-bond acceptors (Lipinski definition) is 3. The monoisotopic (exact) mass is 419 g/mol. The lowest BCUT2D eigenvalue weighted by atomic mass is 9.49. The van der Waals surface area contributed by atoms with Gasteiger partial charge in [0.1, 0.15) is 0 Å². The molecule has 1 N–H and O–H groups in total. The summed E-state index contributed by atoms with van der Waals surface area (Å²) in [6, 6.07) is 9.39. The third kappa shape index (κ3) is 3.30. The van der Waals surface area contributed by atoms with E-state index in [2.05, 4.69) is 21.2 Å². The molecule has 0 heterocycles. The van der Waals surface area contributed by atoms with E-state index in [1.807, 2.05) is 30.3 Å². The highest BCUT2D eigenvalue weighted by molar-refractivity contribution is 9.10. The molecule has 4 aliphatic carbocycles. The van der Waals surface area contributed by atoms with Crippen molar-refractivity contribution in [3.8, 4) is 0 Å². The summed E-state index contributed by atoms with van der Waals surface area (Å²) >= 11 is 3.97. The predicted molar refractivity (Wildman–Crippen MR) is 103 cm³/mol. The van der Waals surface area contributed by atoms with E-state index in [1.54, 1.807) is 0 Å². The maximum absolute atomic E-state index is 13.4. The molecular weight excluding hydrogens is 394 g/mol. The number of nitrogens with one attached hydrogen (secondary N) is 1. The molecular formula is C21H26BrNO3. The Morgan fingerprint density at radius 2 is 1.85 bits per heavy atom. The van der Waals surface area contributed by atoms with Crippen LogP contribution in [0, 0.1) is 17.3 Å². The number of amides is 1. The second-order valence-corrected chi connectivity index (χ2v) is 10.3. The first-order valence-electron chi connectivity index (χ1n) is 9.53. The van der Waals surface area contributed by atoms with E-state index in [-0.39, 0.29) is 34.1 Å². The minimum absolute atomic E-state index is 0.119. The smallest absolute Gasteiger partial charge is 0.307 e. The van der Waals surface area contributed by atoms with E-state index < -0.39 is 0 Å². The first-order valence-corrected chi connectivity index (χ1v) is 10.3. The lowest BCUT2D eigenvalue weighted by Gasteiger charge is -2.59. The Labute approximate surface area is 163 Å². The molecule has 3 unspecified atom stereocenters. The number of rotatable bonds is 5. The first-order chi connectivity index (χ1) is 12.4. The zero-order valence-electron chi connectivity index (χ0n) is 15.2. The summed E-state index contributed by atoms with van der Waals surface area (Å²) in [5, 5.41) is 3.21. The minimum Gasteiger partial charge on any atom is -0.469 e. The molecule has 4 nitrogen and oxygen atoms in total. The van der Waals surface area contributed by atoms with Crippen LogP contribution in [-0.2, 0) is 14.3 Å². The van der Waals surface area contributed by atoms with Gasteiger partial charge in [0.15, 0.2) is 0 Å². The SMILES string of the molecule is COC(=O)CC(NC(=O)C12CC3CC(CC(Br)(C3)C1)C2)c1ccccc1. The summed E-state index contributed by atoms with van der Waals surface area (Å²) in [6.07, 6.45) is 6.72. The van der Waals surface area contributed by atoms with Crippen LogP contribution in [0.5, 0.6) is 0 Å². The van der Waals surface area contributed by atoms with Gasteiger partial charge in [0.25, 0.3) is 0 Å². The van der Waals surface area contributed by atoms with Crippen LogP contribution in [0.2, 0.25) is 0 Å². The van der Waals surface area contributed by atoms with Gasteiger partial charge in [-0.05, 0) is 55.9 Å². The van der Waals surface area contributed by atoms with Gasteiger partial charge in [-0.2, -0.15) is 0 Å². The topological polar surface area (TPSA) is 55.4 Å². The molecule has 0 aromatic heterocycles. The van der Waals surface area contributed by atoms with Crippen molar-refractivity contribution in [2.75, 3.05) is 7.11 Å². The Morgan fingerprint density at radius 1 is 1.19 bits per heavy atom. The molecule has 5 rings (SSSR count). The molecule has 1 aromatic rings. The average molecular weight is 420 g/mol. The Hall–Kier alpha value is -1.36. The molecule has 0 spiro atoms. The first kappa shape index (κ1) is 18.0. The standard InChI is InChI=1S/C21H26BrNO3/c1-26-18(24)8-17(16-5-3-2-4-6-16)23-19(25)20-9-14-7-15(10-20)12-21(22,11-14)13-20/h2-6,14-15,17H,7-13H2,1H3,(H,23,25). The quantitative estimate of drug-likeness (QED) is 0.576. The van der Waals surface area contributed by atoms with Gasteiger partial charge in [-0.25, -0.2) is 0 Å². The van der Waals surface area contributed by atoms with Crippen molar-refractivity contribution in [2.24, 2.45) is 17.3 Å². The Bertz CT molecular complexity index is 690. The van der Waals surface area contributed by atoms with Crippen molar-refractivity contribution < 1.29 is 14.3 Å². The number of ether oxygens (including phenoxy) is 1. The zero-order chi connectivity index (χ0) is 18.4. The molecule has 3 atom stereocenters. The summed E-state index contributed by atoms with van der Waals surface area (Å²) in [6.45, 7) is 0. The van der Waals surface area contributed by atoms with Gasteiger partial charge in [-0.3, -0.25) is 9.59 Å². The van der Waals surface area contributed by atoms with Crippen LogP contribution in [0.3, 0.4) is 0 Å². The number of alkyl halides is 1. The van der Waals surface area contributed by atoms with Gasteiger partial charge in [0, 0.05) is 4.32 Å². The molecule has 4 saturated carbocycles. The summed E-state index contributed by atoms with van der Waals surface area (Å²) in [7, 11) is 1.39. The van der Waals surface area contributed by atoms with Gasteiger partial charge in [0.2, 0.25) is 5.91 Å². The highest BCUT2D eigenvalue weighted by Gasteiger charge is 2.59. The van der Waals surface area contributed by atoms with Crippen molar-refractivity contribution >= 4 is 27.8 Å². The van der Waals surface area contributed by atoms with Gasteiger partial charge in [-0.15, -0.1) is 0 Å². The van der Waals surface area contributed by atoms with Gasteiger partial charge in [-0.1, -0.05) is 46.3 Å². The lowest BCUT2D eigenvalue weighted by molar-refractivity contribution is -0.146. The largest absolute Gasteiger partial charge is 0.469 e. The van der Waals surface area contributed by atoms with Crippen molar-refractivity contribution in [2.45, 2.75) is 55.3 Å². The number of hydrogen-bond donors (Lipinski definition) is 1. The van der Waals surface area contributed by atoms with Crippen molar-refractivity contribution in [3.63, 3.8) is 0 Å². The minimum atomic E-state index is -0.338. The van der Waals surface area contributed by atoms with Gasteiger partial charge < -0.3 is 10.1 Å². The van der Waals surface area contributed by atoms with Gasteiger partial charge in [0.05, 0.1) is 25.0 Å². The second-order valence-electron chi connectivity index (χ2n) is 8.61. The number of carbonyl (C=O) groups is 2. The van der Waals surface area contributed by atoms with Crippen LogP contribution in [0.1, 0.15) is 56.6 Å². The molecule has 0 saturated heterocycles. The van der Waals surface area contributed by atoms with E-state index in [0.29, 0.717) is 11.8 Å². The van der Waals surface area contributed by atoms with Crippen LogP contribution in [0.15, 0.2) is 30.3 Å². The van der Waals surface area contributed by atoms with E-state index in [9.17, 15) is 9.59 Å². The maximum atomic E-state index is 13.4. The van der Waals surface area contributed by atoms with Crippen molar-refractivity contribution in [1.29, 1.82) is 0 Å². The van der Waals surface area contributed by atoms with Crippen LogP contribution in [0.25, 0.3) is 0 Å². The van der Waals surface area contributed by atoms with E-state index in [0.717, 1.165) is 24.8 Å². The fourth-order valence-electron chi connectivity index (χ4n) is 5.92. The highest BCUT2D eigenvalue weighted by Crippen LogP contribution is 2.64. The van der Waals surface area contributed by atoms with Crippen molar-refractivity contribution in [3.05, 3.63) is 35.9 Å². The zero-order valence-corrected chi connectivity index (χ0v) is 16.8. The number of benzene rings is 1. The molecule has 0 radical (unpaired) electrons. The predicted octanol–water partition coefficient (Wildman–Crippen LogP) is 4.14. The summed E-state index contributed by atoms with van der Waals surface area (Å²) in [4.78, 5) is 25.3. The number of halogens is 1. The Balaban J connectivity index is 1.56. The summed E-state index contributed by atoms with van der Waals surface area (Å²) < 4.78 is 4.99. The molecule has 5 heteroatoms. The van der Waals surface area contributed by atoms with E-state index in [4.69, 9.17) is 4.74 Å². The van der Waals surface area contributed by atoms with Gasteiger partial charge >= 0.3 is 5.97 Å². The van der Waals surface area contributed by atoms with Crippen LogP contribution >= 0.6 is 15.9 Å². The second kappa shape index (κ2) is 6.66. The number of carbonyl (C=O) groups excluding carboxylic acids is 2. The summed E-state index contributed by atoms with van der Waals surface area (Å²) in [5.74, 6) is 1.11. The highest BCUT2D eigenvalue weighted by atomic mass is 79.9. The maximum Gasteiger partial charge on any atom is 0.307 e. The molecule has 140 valence electrons. The molecule has 26 heavy (non-hydrogen) atoms. The van der Waals surface area contributed by atoms with E-state index >= 15 is 0 Å². The molecule has 4 bridgehead atoms. The fraction of sp³-hybridized carbons (Fsp3) is 0.619. The molecule has 1 aromatic carbocycles. The third-order valence-electron chi connectivity index (χ3n) is 6.58. The number of esters is 1. The van der Waals surface area contributed by atoms with Crippen LogP contribution in [0.4, 0.5) is 0 Å². The fourth-order valence-corrected chi connectivity index (χ4v) is 7.37. The Morgan fingerprint density at radius 3 is 2.42 bits per heavy atom. The summed E-state index contributed by atoms with van der Waals surface area (Å²) in [5.41, 5.74) is 0.668. The van der Waals surface area contributed by atoms with E-state index in [1.165, 1.54) is 26.4 Å². The molecule has 1 amide bonds. The Kier molecular flexibility index (Phi) is 4.62. The average Bonchev–Trinajstić information content (AvgIpc) is 2.59. The molecule has 0 aliphatic heterocycles. The van der Waals surface area contributed by atoms with Crippen LogP contribution < -0.4 is 5.32 Å². The molecule has 4 fully saturated rings. The lowest BCUT2D eigenvalue weighted by Crippen LogP contribution is -2.58. The third-order valence-corrected chi connectivity index (χ3v) is 7.50. The van der Waals surface area contributed by atoms with Crippen LogP contribution in [-0.4, -0.2) is 23.3 Å².